The molecule has 1 atom stereocenters. The number of benzene rings is 1. The molecule has 0 aliphatic carbocycles. The molecule has 140 valence electrons. The number of aromatic nitrogens is 2. The molecule has 1 aromatic heterocycles. The first-order chi connectivity index (χ1) is 12.4. The van der Waals surface area contributed by atoms with Crippen molar-refractivity contribution in [2.75, 3.05) is 20.2 Å². The first kappa shape index (κ1) is 18.5. The summed E-state index contributed by atoms with van der Waals surface area (Å²) in [6.07, 6.45) is 0.724. The van der Waals surface area contributed by atoms with E-state index in [1.807, 2.05) is 0 Å². The number of nitrogens with zero attached hydrogens (tertiary/aromatic N) is 3. The van der Waals surface area contributed by atoms with E-state index in [0.717, 1.165) is 16.4 Å². The molecule has 0 N–H and O–H groups in total. The van der Waals surface area contributed by atoms with Crippen LogP contribution in [0.5, 0.6) is 11.8 Å². The number of rotatable bonds is 5. The van der Waals surface area contributed by atoms with E-state index >= 15 is 0 Å². The van der Waals surface area contributed by atoms with Gasteiger partial charge in [-0.2, -0.15) is 4.31 Å². The number of methoxy groups -OCH3 is 1. The topological polar surface area (TPSA) is 81.6 Å². The number of halogens is 2. The molecule has 7 nitrogen and oxygen atoms in total. The van der Waals surface area contributed by atoms with Crippen molar-refractivity contribution in [2.45, 2.75) is 23.8 Å². The fourth-order valence-electron chi connectivity index (χ4n) is 2.70. The Morgan fingerprint density at radius 3 is 2.38 bits per heavy atom. The number of piperidine rings is 1. The molecular formula is C16H17F2N3O4S. The van der Waals surface area contributed by atoms with E-state index < -0.39 is 32.7 Å². The van der Waals surface area contributed by atoms with Gasteiger partial charge in [0.15, 0.2) is 0 Å². The van der Waals surface area contributed by atoms with Crippen LogP contribution < -0.4 is 9.47 Å². The highest BCUT2D eigenvalue weighted by Gasteiger charge is 2.32. The summed E-state index contributed by atoms with van der Waals surface area (Å²) < 4.78 is 63.8. The first-order valence-corrected chi connectivity index (χ1v) is 9.33. The molecule has 0 saturated carbocycles. The second kappa shape index (κ2) is 7.50. The minimum Gasteiger partial charge on any atom is -0.480 e. The van der Waals surface area contributed by atoms with E-state index in [1.54, 1.807) is 12.1 Å². The van der Waals surface area contributed by atoms with E-state index in [0.29, 0.717) is 24.8 Å². The summed E-state index contributed by atoms with van der Waals surface area (Å²) in [5.74, 6) is -1.31. The Balaban J connectivity index is 1.74. The normalized spacial score (nSPS) is 18.5. The second-order valence-electron chi connectivity index (χ2n) is 5.76. The Labute approximate surface area is 149 Å². The summed E-state index contributed by atoms with van der Waals surface area (Å²) in [5.41, 5.74) is 0. The van der Waals surface area contributed by atoms with Gasteiger partial charge in [-0.15, -0.1) is 10.2 Å². The molecule has 1 fully saturated rings. The summed E-state index contributed by atoms with van der Waals surface area (Å²) >= 11 is 0. The number of sulfonamides is 1. The quantitative estimate of drug-likeness (QED) is 0.783. The van der Waals surface area contributed by atoms with E-state index in [4.69, 9.17) is 9.47 Å². The molecule has 2 heterocycles. The van der Waals surface area contributed by atoms with Crippen LogP contribution >= 0.6 is 0 Å². The Morgan fingerprint density at radius 2 is 1.77 bits per heavy atom. The Hall–Kier alpha value is -2.33. The lowest BCUT2D eigenvalue weighted by Gasteiger charge is -2.31. The maximum absolute atomic E-state index is 13.4. The zero-order valence-electron chi connectivity index (χ0n) is 13.9. The van der Waals surface area contributed by atoms with E-state index in [-0.39, 0.29) is 19.0 Å². The Kier molecular flexibility index (Phi) is 5.33. The number of ether oxygens (including phenoxy) is 2. The third-order valence-electron chi connectivity index (χ3n) is 3.93. The van der Waals surface area contributed by atoms with Crippen LogP contribution in [0, 0.1) is 11.6 Å². The fraction of sp³-hybridized carbons (Fsp3) is 0.375. The number of hydrogen-bond donors (Lipinski definition) is 0. The second-order valence-corrected chi connectivity index (χ2v) is 7.70. The van der Waals surface area contributed by atoms with Crippen LogP contribution in [-0.4, -0.2) is 49.2 Å². The average Bonchev–Trinajstić information content (AvgIpc) is 2.62. The van der Waals surface area contributed by atoms with Gasteiger partial charge in [0.1, 0.15) is 17.7 Å². The maximum Gasteiger partial charge on any atom is 0.243 e. The summed E-state index contributed by atoms with van der Waals surface area (Å²) in [7, 11) is -2.56. The van der Waals surface area contributed by atoms with Crippen molar-refractivity contribution in [3.8, 4) is 11.8 Å². The molecule has 1 aliphatic heterocycles. The SMILES string of the molecule is COc1ccc(OC2CCCN(S(=O)(=O)c3cc(F)cc(F)c3)C2)nn1. The predicted molar refractivity (Wildman–Crippen MR) is 87.4 cm³/mol. The smallest absolute Gasteiger partial charge is 0.243 e. The minimum absolute atomic E-state index is 0.0498. The third kappa shape index (κ3) is 4.07. The number of hydrogen-bond acceptors (Lipinski definition) is 6. The molecule has 10 heteroatoms. The highest BCUT2D eigenvalue weighted by atomic mass is 32.2. The van der Waals surface area contributed by atoms with Gasteiger partial charge < -0.3 is 9.47 Å². The molecule has 1 saturated heterocycles. The van der Waals surface area contributed by atoms with Crippen LogP contribution in [0.25, 0.3) is 0 Å². The lowest BCUT2D eigenvalue weighted by atomic mass is 10.1. The highest BCUT2D eigenvalue weighted by Crippen LogP contribution is 2.24. The predicted octanol–water partition coefficient (Wildman–Crippen LogP) is 2.00. The zero-order valence-corrected chi connectivity index (χ0v) is 14.7. The fourth-order valence-corrected chi connectivity index (χ4v) is 4.25. The molecule has 26 heavy (non-hydrogen) atoms. The molecule has 0 amide bonds. The average molecular weight is 385 g/mol. The summed E-state index contributed by atoms with van der Waals surface area (Å²) in [6, 6.07) is 5.38. The standard InChI is InChI=1S/C16H17F2N3O4S/c1-24-15-4-5-16(20-19-15)25-13-3-2-6-21(10-13)26(22,23)14-8-11(17)7-12(18)9-14/h4-5,7-9,13H,2-3,6,10H2,1H3. The summed E-state index contributed by atoms with van der Waals surface area (Å²) in [5, 5.41) is 7.63. The molecule has 1 aromatic carbocycles. The van der Waals surface area contributed by atoms with Crippen LogP contribution in [0.4, 0.5) is 8.78 Å². The van der Waals surface area contributed by atoms with Crippen molar-refractivity contribution < 1.29 is 26.7 Å². The van der Waals surface area contributed by atoms with Gasteiger partial charge in [0.25, 0.3) is 0 Å². The zero-order chi connectivity index (χ0) is 18.7. The van der Waals surface area contributed by atoms with Crippen LogP contribution in [0.2, 0.25) is 0 Å². The van der Waals surface area contributed by atoms with Crippen molar-refractivity contribution in [3.63, 3.8) is 0 Å². The molecule has 2 aromatic rings. The molecule has 0 spiro atoms. The molecule has 3 rings (SSSR count). The van der Waals surface area contributed by atoms with Gasteiger partial charge in [-0.25, -0.2) is 17.2 Å². The molecule has 0 radical (unpaired) electrons. The molecular weight excluding hydrogens is 368 g/mol. The van der Waals surface area contributed by atoms with Crippen LogP contribution in [0.1, 0.15) is 12.8 Å². The van der Waals surface area contributed by atoms with Gasteiger partial charge in [-0.3, -0.25) is 0 Å². The Bertz CT molecular complexity index is 857. The lowest BCUT2D eigenvalue weighted by Crippen LogP contribution is -2.44. The van der Waals surface area contributed by atoms with Crippen molar-refractivity contribution in [1.29, 1.82) is 0 Å². The molecule has 0 bridgehead atoms. The molecule has 1 aliphatic rings. The first-order valence-electron chi connectivity index (χ1n) is 7.89. The van der Waals surface area contributed by atoms with E-state index in [2.05, 4.69) is 10.2 Å². The van der Waals surface area contributed by atoms with Gasteiger partial charge in [0, 0.05) is 24.7 Å². The summed E-state index contributed by atoms with van der Waals surface area (Å²) in [4.78, 5) is -0.417. The van der Waals surface area contributed by atoms with Crippen molar-refractivity contribution in [3.05, 3.63) is 42.0 Å². The van der Waals surface area contributed by atoms with Gasteiger partial charge in [0.05, 0.1) is 18.6 Å². The lowest BCUT2D eigenvalue weighted by molar-refractivity contribution is 0.123. The summed E-state index contributed by atoms with van der Waals surface area (Å²) in [6.45, 7) is 0.294. The van der Waals surface area contributed by atoms with Crippen molar-refractivity contribution in [2.24, 2.45) is 0 Å². The largest absolute Gasteiger partial charge is 0.480 e. The van der Waals surface area contributed by atoms with Gasteiger partial charge >= 0.3 is 0 Å². The molecule has 1 unspecified atom stereocenters. The van der Waals surface area contributed by atoms with Crippen LogP contribution in [0.3, 0.4) is 0 Å². The van der Waals surface area contributed by atoms with Gasteiger partial charge in [0.2, 0.25) is 21.8 Å². The van der Waals surface area contributed by atoms with E-state index in [9.17, 15) is 17.2 Å². The van der Waals surface area contributed by atoms with Crippen LogP contribution in [-0.2, 0) is 10.0 Å². The van der Waals surface area contributed by atoms with Crippen molar-refractivity contribution in [1.82, 2.24) is 14.5 Å². The monoisotopic (exact) mass is 385 g/mol. The minimum atomic E-state index is -4.03. The maximum atomic E-state index is 13.4. The van der Waals surface area contributed by atoms with Gasteiger partial charge in [-0.1, -0.05) is 0 Å². The third-order valence-corrected chi connectivity index (χ3v) is 5.77. The highest BCUT2D eigenvalue weighted by molar-refractivity contribution is 7.89. The Morgan fingerprint density at radius 1 is 1.12 bits per heavy atom. The van der Waals surface area contributed by atoms with Gasteiger partial charge in [-0.05, 0) is 25.0 Å². The van der Waals surface area contributed by atoms with E-state index in [1.165, 1.54) is 7.11 Å². The van der Waals surface area contributed by atoms with Crippen LogP contribution in [0.15, 0.2) is 35.2 Å². The van der Waals surface area contributed by atoms with Crippen molar-refractivity contribution >= 4 is 10.0 Å².